The van der Waals surface area contributed by atoms with Crippen molar-refractivity contribution in [3.63, 3.8) is 0 Å². The van der Waals surface area contributed by atoms with Crippen molar-refractivity contribution in [1.82, 2.24) is 5.32 Å². The van der Waals surface area contributed by atoms with Crippen LogP contribution in [-0.4, -0.2) is 24.2 Å². The third kappa shape index (κ3) is 0.525. The fourth-order valence-corrected chi connectivity index (χ4v) is 1.70. The van der Waals surface area contributed by atoms with Gasteiger partial charge in [-0.15, -0.1) is 0 Å². The summed E-state index contributed by atoms with van der Waals surface area (Å²) in [5.74, 6) is 1.05. The Kier molecular flexibility index (Phi) is 0.858. The Bertz CT molecular complexity index is 153. The Morgan fingerprint density at radius 3 is 2.89 bits per heavy atom. The van der Waals surface area contributed by atoms with Crippen LogP contribution in [-0.2, 0) is 4.79 Å². The van der Waals surface area contributed by atoms with Crippen LogP contribution >= 0.6 is 0 Å². The van der Waals surface area contributed by atoms with Crippen LogP contribution in [0.2, 0.25) is 0 Å². The van der Waals surface area contributed by atoms with Gasteiger partial charge < -0.3 is 10.4 Å². The van der Waals surface area contributed by atoms with E-state index >= 15 is 0 Å². The predicted octanol–water partition coefficient (Wildman–Crippen LogP) is -1.03. The van der Waals surface area contributed by atoms with E-state index < -0.39 is 0 Å². The Morgan fingerprint density at radius 1 is 1.78 bits per heavy atom. The maximum atomic E-state index is 10.8. The van der Waals surface area contributed by atoms with Crippen molar-refractivity contribution in [3.05, 3.63) is 0 Å². The lowest BCUT2D eigenvalue weighted by molar-refractivity contribution is -0.121. The number of amides is 1. The van der Waals surface area contributed by atoms with E-state index in [1.807, 2.05) is 0 Å². The number of nitrogens with one attached hydrogen (secondary N) is 1. The normalized spacial score (nSPS) is 46.3. The maximum absolute atomic E-state index is 10.8. The summed E-state index contributed by atoms with van der Waals surface area (Å²) in [6.45, 7) is 0.970. The van der Waals surface area contributed by atoms with E-state index in [4.69, 9.17) is 5.11 Å². The molecule has 1 saturated heterocycles. The summed E-state index contributed by atoms with van der Waals surface area (Å²) in [5.41, 5.74) is 0. The summed E-state index contributed by atoms with van der Waals surface area (Å²) < 4.78 is 0. The predicted molar refractivity (Wildman–Crippen MR) is 30.6 cm³/mol. The third-order valence-electron chi connectivity index (χ3n) is 2.36. The lowest BCUT2D eigenvalue weighted by atomic mass is 10.3. The Morgan fingerprint density at radius 2 is 2.56 bits per heavy atom. The molecule has 0 spiro atoms. The van der Waals surface area contributed by atoms with Gasteiger partial charge in [0.05, 0.1) is 0 Å². The Labute approximate surface area is 53.1 Å². The van der Waals surface area contributed by atoms with Gasteiger partial charge in [-0.25, -0.2) is 0 Å². The van der Waals surface area contributed by atoms with Crippen LogP contribution in [0.5, 0.6) is 0 Å². The molecule has 3 atom stereocenters. The van der Waals surface area contributed by atoms with Gasteiger partial charge in [-0.3, -0.25) is 4.79 Å². The van der Waals surface area contributed by atoms with Crippen LogP contribution in [0.1, 0.15) is 0 Å². The highest BCUT2D eigenvalue weighted by atomic mass is 16.3. The smallest absolute Gasteiger partial charge is 0.223 e. The first kappa shape index (κ1) is 5.23. The zero-order valence-corrected chi connectivity index (χ0v) is 5.00. The molecule has 1 unspecified atom stereocenters. The van der Waals surface area contributed by atoms with Gasteiger partial charge in [0, 0.05) is 19.1 Å². The average Bonchev–Trinajstić information content (AvgIpc) is 2.46. The van der Waals surface area contributed by atoms with Gasteiger partial charge >= 0.3 is 0 Å². The molecular formula is C6H9NO2. The van der Waals surface area contributed by atoms with Gasteiger partial charge in [-0.1, -0.05) is 0 Å². The SMILES string of the molecule is O=C1NC[C@@H]2C1[C@@H]2CO. The number of aliphatic hydroxyl groups excluding tert-OH is 1. The summed E-state index contributed by atoms with van der Waals surface area (Å²) in [5, 5.41) is 11.4. The van der Waals surface area contributed by atoms with Gasteiger partial charge in [0.1, 0.15) is 0 Å². The van der Waals surface area contributed by atoms with E-state index in [9.17, 15) is 4.79 Å². The largest absolute Gasteiger partial charge is 0.396 e. The highest BCUT2D eigenvalue weighted by Gasteiger charge is 2.57. The highest BCUT2D eigenvalue weighted by Crippen LogP contribution is 2.48. The van der Waals surface area contributed by atoms with Crippen molar-refractivity contribution in [3.8, 4) is 0 Å². The summed E-state index contributed by atoms with van der Waals surface area (Å²) >= 11 is 0. The minimum atomic E-state index is 0.138. The van der Waals surface area contributed by atoms with Gasteiger partial charge in [0.15, 0.2) is 0 Å². The van der Waals surface area contributed by atoms with E-state index in [1.165, 1.54) is 0 Å². The van der Waals surface area contributed by atoms with E-state index in [2.05, 4.69) is 5.32 Å². The number of hydrogen-bond donors (Lipinski definition) is 2. The van der Waals surface area contributed by atoms with Gasteiger partial charge in [0.2, 0.25) is 5.91 Å². The fourth-order valence-electron chi connectivity index (χ4n) is 1.70. The molecule has 3 heteroatoms. The number of piperidine rings is 1. The van der Waals surface area contributed by atoms with Crippen molar-refractivity contribution in [2.24, 2.45) is 17.8 Å². The highest BCUT2D eigenvalue weighted by molar-refractivity contribution is 5.85. The van der Waals surface area contributed by atoms with Crippen molar-refractivity contribution in [2.45, 2.75) is 0 Å². The Hall–Kier alpha value is -0.570. The molecule has 1 amide bonds. The molecular weight excluding hydrogens is 118 g/mol. The molecule has 1 saturated carbocycles. The first-order valence-corrected chi connectivity index (χ1v) is 3.23. The molecule has 2 rings (SSSR count). The van der Waals surface area contributed by atoms with Crippen molar-refractivity contribution < 1.29 is 9.90 Å². The van der Waals surface area contributed by atoms with E-state index in [0.29, 0.717) is 11.8 Å². The zero-order valence-electron chi connectivity index (χ0n) is 5.00. The molecule has 0 bridgehead atoms. The molecule has 0 aromatic heterocycles. The third-order valence-corrected chi connectivity index (χ3v) is 2.36. The molecule has 50 valence electrons. The van der Waals surface area contributed by atoms with Crippen LogP contribution in [0.25, 0.3) is 0 Å². The van der Waals surface area contributed by atoms with Crippen molar-refractivity contribution in [1.29, 1.82) is 0 Å². The number of carbonyl (C=O) groups excluding carboxylic acids is 1. The fraction of sp³-hybridized carbons (Fsp3) is 0.833. The average molecular weight is 127 g/mol. The summed E-state index contributed by atoms with van der Waals surface area (Å²) in [6, 6.07) is 0. The molecule has 0 aromatic carbocycles. The standard InChI is InChI=1S/C6H9NO2/c8-2-4-3-1-7-6(9)5(3)4/h3-5,8H,1-2H2,(H,7,9)/t3-,4+,5?/m0/s1. The maximum Gasteiger partial charge on any atom is 0.223 e. The van der Waals surface area contributed by atoms with Crippen LogP contribution < -0.4 is 5.32 Å². The number of carbonyl (C=O) groups is 1. The van der Waals surface area contributed by atoms with Crippen molar-refractivity contribution >= 4 is 5.91 Å². The molecule has 0 radical (unpaired) electrons. The molecule has 9 heavy (non-hydrogen) atoms. The molecule has 1 aliphatic carbocycles. The second kappa shape index (κ2) is 1.48. The molecule has 3 nitrogen and oxygen atoms in total. The van der Waals surface area contributed by atoms with Crippen LogP contribution in [0.3, 0.4) is 0 Å². The topological polar surface area (TPSA) is 49.3 Å². The number of hydrogen-bond acceptors (Lipinski definition) is 2. The zero-order chi connectivity index (χ0) is 6.43. The molecule has 2 fully saturated rings. The Balaban J connectivity index is 2.06. The van der Waals surface area contributed by atoms with Gasteiger partial charge in [-0.2, -0.15) is 0 Å². The summed E-state index contributed by atoms with van der Waals surface area (Å²) in [6.07, 6.45) is 0. The molecule has 2 aliphatic rings. The monoisotopic (exact) mass is 127 g/mol. The minimum Gasteiger partial charge on any atom is -0.396 e. The van der Waals surface area contributed by atoms with E-state index in [-0.39, 0.29) is 18.4 Å². The number of aliphatic hydroxyl groups is 1. The van der Waals surface area contributed by atoms with Crippen LogP contribution in [0, 0.1) is 17.8 Å². The lowest BCUT2D eigenvalue weighted by Crippen LogP contribution is -2.22. The second-order valence-electron chi connectivity index (χ2n) is 2.78. The second-order valence-corrected chi connectivity index (χ2v) is 2.78. The van der Waals surface area contributed by atoms with Crippen LogP contribution in [0.4, 0.5) is 0 Å². The van der Waals surface area contributed by atoms with Crippen LogP contribution in [0.15, 0.2) is 0 Å². The summed E-state index contributed by atoms with van der Waals surface area (Å²) in [4.78, 5) is 10.8. The van der Waals surface area contributed by atoms with E-state index in [1.54, 1.807) is 0 Å². The molecule has 0 aromatic rings. The first-order chi connectivity index (χ1) is 4.34. The quantitative estimate of drug-likeness (QED) is 0.473. The van der Waals surface area contributed by atoms with E-state index in [0.717, 1.165) is 6.54 Å². The minimum absolute atomic E-state index is 0.138. The molecule has 2 N–H and O–H groups in total. The van der Waals surface area contributed by atoms with Crippen molar-refractivity contribution in [2.75, 3.05) is 13.2 Å². The van der Waals surface area contributed by atoms with Gasteiger partial charge in [-0.05, 0) is 11.8 Å². The first-order valence-electron chi connectivity index (χ1n) is 3.23. The molecule has 1 heterocycles. The number of rotatable bonds is 1. The molecule has 1 aliphatic heterocycles. The van der Waals surface area contributed by atoms with Gasteiger partial charge in [0.25, 0.3) is 0 Å². The lowest BCUT2D eigenvalue weighted by Gasteiger charge is -1.97. The number of fused-ring (bicyclic) bond motifs is 1. The summed E-state index contributed by atoms with van der Waals surface area (Å²) in [7, 11) is 0.